The third-order valence-corrected chi connectivity index (χ3v) is 4.59. The van der Waals surface area contributed by atoms with Gasteiger partial charge in [-0.05, 0) is 54.6 Å². The van der Waals surface area contributed by atoms with Crippen LogP contribution in [0.2, 0.25) is 5.02 Å². The summed E-state index contributed by atoms with van der Waals surface area (Å²) in [6, 6.07) is 15.8. The Morgan fingerprint density at radius 2 is 1.92 bits per heavy atom. The summed E-state index contributed by atoms with van der Waals surface area (Å²) in [5, 5.41) is 3.24. The minimum Gasteiger partial charge on any atom is -0.434 e. The highest BCUT2D eigenvalue weighted by molar-refractivity contribution is 9.10. The smallest absolute Gasteiger partial charge is 0.255 e. The highest BCUT2D eigenvalue weighted by Crippen LogP contribution is 2.30. The number of halogens is 2. The first kappa shape index (κ1) is 16.8. The summed E-state index contributed by atoms with van der Waals surface area (Å²) in [4.78, 5) is 21.0. The lowest BCUT2D eigenvalue weighted by atomic mass is 10.1. The van der Waals surface area contributed by atoms with Gasteiger partial charge in [0.15, 0.2) is 11.2 Å². The van der Waals surface area contributed by atoms with Gasteiger partial charge in [0.2, 0.25) is 5.89 Å². The fourth-order valence-electron chi connectivity index (χ4n) is 2.44. The first-order valence-electron chi connectivity index (χ1n) is 7.68. The summed E-state index contributed by atoms with van der Waals surface area (Å²) in [5.74, 6) is 0.158. The Bertz CT molecular complexity index is 1080. The molecule has 1 N–H and O–H groups in total. The van der Waals surface area contributed by atoms with Crippen LogP contribution in [-0.2, 0) is 0 Å². The van der Waals surface area contributed by atoms with Crippen molar-refractivity contribution < 1.29 is 9.21 Å². The molecule has 2 aromatic heterocycles. The molecule has 0 radical (unpaired) electrons. The van der Waals surface area contributed by atoms with E-state index in [9.17, 15) is 4.79 Å². The first-order valence-corrected chi connectivity index (χ1v) is 8.86. The third kappa shape index (κ3) is 3.34. The van der Waals surface area contributed by atoms with Gasteiger partial charge in [-0.3, -0.25) is 4.79 Å². The van der Waals surface area contributed by atoms with Gasteiger partial charge in [-0.2, -0.15) is 4.98 Å². The highest BCUT2D eigenvalue weighted by atomic mass is 79.9. The van der Waals surface area contributed by atoms with Gasteiger partial charge < -0.3 is 9.73 Å². The number of anilines is 1. The van der Waals surface area contributed by atoms with Crippen LogP contribution in [0.3, 0.4) is 0 Å². The molecule has 0 spiro atoms. The number of hydrogen-bond acceptors (Lipinski definition) is 4. The molecular formula is C19H11BrClN3O2. The summed E-state index contributed by atoms with van der Waals surface area (Å²) in [7, 11) is 0. The van der Waals surface area contributed by atoms with Crippen molar-refractivity contribution in [3.63, 3.8) is 0 Å². The molecule has 7 heteroatoms. The van der Waals surface area contributed by atoms with Crippen LogP contribution in [0, 0.1) is 0 Å². The summed E-state index contributed by atoms with van der Waals surface area (Å²) in [5.41, 5.74) is 2.82. The molecule has 0 aliphatic heterocycles. The number of pyridine rings is 1. The van der Waals surface area contributed by atoms with E-state index in [4.69, 9.17) is 16.0 Å². The molecule has 0 aliphatic rings. The van der Waals surface area contributed by atoms with E-state index < -0.39 is 0 Å². The number of carbonyl (C=O) groups is 1. The van der Waals surface area contributed by atoms with Crippen LogP contribution in [-0.4, -0.2) is 15.9 Å². The second kappa shape index (κ2) is 6.90. The molecule has 26 heavy (non-hydrogen) atoms. The fourth-order valence-corrected chi connectivity index (χ4v) is 2.87. The lowest BCUT2D eigenvalue weighted by molar-refractivity contribution is 0.102. The zero-order valence-electron chi connectivity index (χ0n) is 13.2. The van der Waals surface area contributed by atoms with Gasteiger partial charge in [0.1, 0.15) is 0 Å². The molecule has 0 bridgehead atoms. The highest BCUT2D eigenvalue weighted by Gasteiger charge is 2.13. The molecule has 0 atom stereocenters. The molecule has 5 nitrogen and oxygen atoms in total. The Kier molecular flexibility index (Phi) is 4.44. The molecule has 0 saturated carbocycles. The molecule has 2 heterocycles. The molecule has 0 fully saturated rings. The van der Waals surface area contributed by atoms with Gasteiger partial charge >= 0.3 is 0 Å². The van der Waals surface area contributed by atoms with Gasteiger partial charge in [0, 0.05) is 21.8 Å². The second-order valence-electron chi connectivity index (χ2n) is 5.50. The number of aromatic nitrogens is 2. The van der Waals surface area contributed by atoms with Crippen molar-refractivity contribution in [2.45, 2.75) is 0 Å². The summed E-state index contributed by atoms with van der Waals surface area (Å²) < 4.78 is 6.62. The Morgan fingerprint density at radius 1 is 1.12 bits per heavy atom. The summed E-state index contributed by atoms with van der Waals surface area (Å²) in [6.07, 6.45) is 1.65. The van der Waals surface area contributed by atoms with E-state index in [0.717, 1.165) is 4.47 Å². The molecule has 2 aromatic carbocycles. The number of nitrogens with one attached hydrogen (secondary N) is 1. The summed E-state index contributed by atoms with van der Waals surface area (Å²) in [6.45, 7) is 0. The predicted octanol–water partition coefficient (Wildman–Crippen LogP) is 5.56. The quantitative estimate of drug-likeness (QED) is 0.464. The SMILES string of the molecule is O=C(Nc1cc(-c2nc3ncccc3o2)ccc1Cl)c1ccc(Br)cc1. The van der Waals surface area contributed by atoms with Crippen molar-refractivity contribution in [2.75, 3.05) is 5.32 Å². The average molecular weight is 429 g/mol. The van der Waals surface area contributed by atoms with Crippen molar-refractivity contribution in [2.24, 2.45) is 0 Å². The molecule has 0 aliphatic carbocycles. The van der Waals surface area contributed by atoms with Crippen molar-refractivity contribution >= 4 is 50.4 Å². The topological polar surface area (TPSA) is 68.0 Å². The van der Waals surface area contributed by atoms with Crippen LogP contribution < -0.4 is 5.32 Å². The van der Waals surface area contributed by atoms with Crippen LogP contribution in [0.4, 0.5) is 5.69 Å². The minimum absolute atomic E-state index is 0.254. The Hall–Kier alpha value is -2.70. The molecular weight excluding hydrogens is 418 g/mol. The first-order chi connectivity index (χ1) is 12.6. The van der Waals surface area contributed by atoms with Crippen LogP contribution in [0.25, 0.3) is 22.7 Å². The van der Waals surface area contributed by atoms with Crippen LogP contribution in [0.1, 0.15) is 10.4 Å². The standard InChI is InChI=1S/C19H11BrClN3O2/c20-13-6-3-11(4-7-13)18(25)23-15-10-12(5-8-14(15)21)19-24-17-16(26-19)2-1-9-22-17/h1-10H,(H,23,25). The zero-order chi connectivity index (χ0) is 18.1. The second-order valence-corrected chi connectivity index (χ2v) is 6.82. The number of nitrogens with zero attached hydrogens (tertiary/aromatic N) is 2. The van der Waals surface area contributed by atoms with Gasteiger partial charge in [-0.15, -0.1) is 0 Å². The summed E-state index contributed by atoms with van der Waals surface area (Å²) >= 11 is 9.58. The lowest BCUT2D eigenvalue weighted by Gasteiger charge is -2.08. The number of amides is 1. The van der Waals surface area contributed by atoms with Gasteiger partial charge in [-0.25, -0.2) is 4.98 Å². The van der Waals surface area contributed by atoms with E-state index in [1.807, 2.05) is 0 Å². The normalized spacial score (nSPS) is 10.8. The van der Waals surface area contributed by atoms with Crippen molar-refractivity contribution in [1.82, 2.24) is 9.97 Å². The van der Waals surface area contributed by atoms with E-state index in [-0.39, 0.29) is 5.91 Å². The fraction of sp³-hybridized carbons (Fsp3) is 0. The third-order valence-electron chi connectivity index (χ3n) is 3.73. The largest absolute Gasteiger partial charge is 0.434 e. The van der Waals surface area contributed by atoms with Crippen molar-refractivity contribution in [3.8, 4) is 11.5 Å². The van der Waals surface area contributed by atoms with E-state index >= 15 is 0 Å². The number of benzene rings is 2. The van der Waals surface area contributed by atoms with Crippen LogP contribution >= 0.6 is 27.5 Å². The number of hydrogen-bond donors (Lipinski definition) is 1. The van der Waals surface area contributed by atoms with Crippen LogP contribution in [0.15, 0.2) is 69.7 Å². The lowest BCUT2D eigenvalue weighted by Crippen LogP contribution is -2.12. The maximum Gasteiger partial charge on any atom is 0.255 e. The van der Waals surface area contributed by atoms with Gasteiger partial charge in [0.25, 0.3) is 5.91 Å². The maximum absolute atomic E-state index is 12.4. The minimum atomic E-state index is -0.254. The monoisotopic (exact) mass is 427 g/mol. The molecule has 0 unspecified atom stereocenters. The number of oxazole rings is 1. The Labute approximate surface area is 162 Å². The van der Waals surface area contributed by atoms with Crippen molar-refractivity contribution in [1.29, 1.82) is 0 Å². The van der Waals surface area contributed by atoms with Gasteiger partial charge in [-0.1, -0.05) is 27.5 Å². The van der Waals surface area contributed by atoms with E-state index in [2.05, 4.69) is 31.2 Å². The molecule has 1 amide bonds. The van der Waals surface area contributed by atoms with Gasteiger partial charge in [0.05, 0.1) is 10.7 Å². The van der Waals surface area contributed by atoms with Crippen LogP contribution in [0.5, 0.6) is 0 Å². The van der Waals surface area contributed by atoms with Crippen molar-refractivity contribution in [3.05, 3.63) is 75.9 Å². The van der Waals surface area contributed by atoms with E-state index in [0.29, 0.717) is 39.0 Å². The molecule has 4 aromatic rings. The molecule has 0 saturated heterocycles. The zero-order valence-corrected chi connectivity index (χ0v) is 15.6. The number of fused-ring (bicyclic) bond motifs is 1. The average Bonchev–Trinajstić information content (AvgIpc) is 3.08. The van der Waals surface area contributed by atoms with E-state index in [1.54, 1.807) is 60.8 Å². The Balaban J connectivity index is 1.65. The predicted molar refractivity (Wildman–Crippen MR) is 104 cm³/mol. The number of carbonyl (C=O) groups excluding carboxylic acids is 1. The number of rotatable bonds is 3. The molecule has 4 rings (SSSR count). The van der Waals surface area contributed by atoms with E-state index in [1.165, 1.54) is 0 Å². The Morgan fingerprint density at radius 3 is 2.69 bits per heavy atom. The maximum atomic E-state index is 12.4. The molecule has 128 valence electrons.